The van der Waals surface area contributed by atoms with E-state index in [-0.39, 0.29) is 6.61 Å². The average Bonchev–Trinajstić information content (AvgIpc) is 2.52. The lowest BCUT2D eigenvalue weighted by molar-refractivity contribution is 0.367. The number of terminal acetylenes is 1. The van der Waals surface area contributed by atoms with Crippen molar-refractivity contribution in [3.05, 3.63) is 60.4 Å². The molecule has 24 heavy (non-hydrogen) atoms. The van der Waals surface area contributed by atoms with Crippen molar-refractivity contribution in [1.29, 1.82) is 5.26 Å². The number of allylic oxidation sites excluding steroid dienone is 1. The van der Waals surface area contributed by atoms with Crippen molar-refractivity contribution in [1.82, 2.24) is 0 Å². The summed E-state index contributed by atoms with van der Waals surface area (Å²) in [5.74, 6) is 2.97. The van der Waals surface area contributed by atoms with Gasteiger partial charge in [0.2, 0.25) is 0 Å². The third-order valence-corrected chi connectivity index (χ3v) is 4.57. The highest BCUT2D eigenvalue weighted by atomic mass is 79.9. The predicted molar refractivity (Wildman–Crippen MR) is 106 cm³/mol. The predicted octanol–water partition coefficient (Wildman–Crippen LogP) is 6.59. The second-order valence-electron chi connectivity index (χ2n) is 4.59. The number of halogens is 4. The first-order valence-corrected chi connectivity index (χ1v) is 8.93. The molecular weight excluding hydrogens is 477 g/mol. The van der Waals surface area contributed by atoms with Gasteiger partial charge in [-0.1, -0.05) is 51.1 Å². The van der Waals surface area contributed by atoms with Gasteiger partial charge >= 0.3 is 0 Å². The van der Waals surface area contributed by atoms with Crippen LogP contribution in [0.5, 0.6) is 5.75 Å². The zero-order valence-corrected chi connectivity index (χ0v) is 16.8. The zero-order chi connectivity index (χ0) is 17.7. The molecule has 0 aliphatic carbocycles. The minimum atomic E-state index is 0.116. The fourth-order valence-corrected chi connectivity index (χ4v) is 3.87. The molecule has 0 aromatic heterocycles. The third kappa shape index (κ3) is 4.56. The molecule has 0 atom stereocenters. The molecule has 0 heterocycles. The van der Waals surface area contributed by atoms with Crippen LogP contribution in [0.25, 0.3) is 11.6 Å². The van der Waals surface area contributed by atoms with Crippen molar-refractivity contribution < 1.29 is 4.74 Å². The summed E-state index contributed by atoms with van der Waals surface area (Å²) >= 11 is 19.0. The maximum atomic E-state index is 9.53. The highest BCUT2D eigenvalue weighted by molar-refractivity contribution is 9.11. The topological polar surface area (TPSA) is 33.0 Å². The molecule has 0 amide bonds. The summed E-state index contributed by atoms with van der Waals surface area (Å²) in [7, 11) is 0. The lowest BCUT2D eigenvalue weighted by Gasteiger charge is -2.11. The maximum Gasteiger partial charge on any atom is 0.148 e. The van der Waals surface area contributed by atoms with E-state index in [1.165, 1.54) is 0 Å². The molecule has 2 nitrogen and oxygen atoms in total. The van der Waals surface area contributed by atoms with E-state index in [0.29, 0.717) is 32.5 Å². The van der Waals surface area contributed by atoms with Gasteiger partial charge in [-0.2, -0.15) is 5.26 Å². The normalized spacial score (nSPS) is 10.8. The van der Waals surface area contributed by atoms with Crippen molar-refractivity contribution in [2.75, 3.05) is 6.61 Å². The zero-order valence-electron chi connectivity index (χ0n) is 12.1. The van der Waals surface area contributed by atoms with Crippen molar-refractivity contribution in [3.8, 4) is 24.2 Å². The van der Waals surface area contributed by atoms with Gasteiger partial charge in [-0.05, 0) is 46.3 Å². The Labute approximate surface area is 167 Å². The molecule has 0 unspecified atom stereocenters. The van der Waals surface area contributed by atoms with E-state index in [1.54, 1.807) is 24.3 Å². The van der Waals surface area contributed by atoms with Gasteiger partial charge < -0.3 is 4.74 Å². The van der Waals surface area contributed by atoms with Gasteiger partial charge in [0.15, 0.2) is 0 Å². The van der Waals surface area contributed by atoms with Crippen LogP contribution >= 0.6 is 55.1 Å². The second kappa shape index (κ2) is 8.60. The first-order chi connectivity index (χ1) is 11.5. The Morgan fingerprint density at radius 1 is 1.25 bits per heavy atom. The molecule has 0 aliphatic heterocycles. The van der Waals surface area contributed by atoms with Crippen molar-refractivity contribution in [3.63, 3.8) is 0 Å². The highest BCUT2D eigenvalue weighted by Crippen LogP contribution is 2.36. The summed E-state index contributed by atoms with van der Waals surface area (Å²) in [6.07, 6.45) is 6.95. The summed E-state index contributed by atoms with van der Waals surface area (Å²) in [4.78, 5) is 0. The number of nitriles is 1. The van der Waals surface area contributed by atoms with Crippen LogP contribution in [0.3, 0.4) is 0 Å². The minimum absolute atomic E-state index is 0.116. The molecular formula is C18H9Br2Cl2NO. The molecule has 0 spiro atoms. The van der Waals surface area contributed by atoms with E-state index in [4.69, 9.17) is 34.4 Å². The van der Waals surface area contributed by atoms with Crippen molar-refractivity contribution in [2.24, 2.45) is 0 Å². The highest BCUT2D eigenvalue weighted by Gasteiger charge is 2.12. The number of ether oxygens (including phenoxy) is 1. The Kier molecular flexibility index (Phi) is 6.78. The quantitative estimate of drug-likeness (QED) is 0.278. The number of hydrogen-bond acceptors (Lipinski definition) is 2. The van der Waals surface area contributed by atoms with E-state index in [9.17, 15) is 5.26 Å². The molecule has 0 fully saturated rings. The van der Waals surface area contributed by atoms with Crippen LogP contribution < -0.4 is 4.74 Å². The van der Waals surface area contributed by atoms with Gasteiger partial charge in [0.1, 0.15) is 12.4 Å². The molecule has 0 aliphatic rings. The van der Waals surface area contributed by atoms with Crippen LogP contribution in [0.4, 0.5) is 0 Å². The van der Waals surface area contributed by atoms with Crippen LogP contribution in [-0.2, 0) is 0 Å². The fourth-order valence-electron chi connectivity index (χ4n) is 1.99. The van der Waals surface area contributed by atoms with Crippen LogP contribution in [-0.4, -0.2) is 6.61 Å². The van der Waals surface area contributed by atoms with Gasteiger partial charge in [-0.15, -0.1) is 6.42 Å². The summed E-state index contributed by atoms with van der Waals surface area (Å²) in [5.41, 5.74) is 1.66. The standard InChI is InChI=1S/C18H9Br2Cl2NO/c1-2-5-24-18-11(7-13(19)8-16(18)20)6-12(10-23)15-4-3-14(21)9-17(15)22/h1,3-4,6-9H,5H2/b12-6+. The van der Waals surface area contributed by atoms with Crippen LogP contribution in [0.1, 0.15) is 11.1 Å². The van der Waals surface area contributed by atoms with Gasteiger partial charge in [0.05, 0.1) is 21.1 Å². The average molecular weight is 486 g/mol. The molecule has 0 saturated heterocycles. The molecule has 0 saturated carbocycles. The number of benzene rings is 2. The van der Waals surface area contributed by atoms with Gasteiger partial charge in [0, 0.05) is 20.6 Å². The summed E-state index contributed by atoms with van der Waals surface area (Å²) < 4.78 is 7.14. The molecule has 6 heteroatoms. The number of rotatable bonds is 4. The minimum Gasteiger partial charge on any atom is -0.479 e. The molecule has 0 N–H and O–H groups in total. The lowest BCUT2D eigenvalue weighted by atomic mass is 10.0. The molecule has 120 valence electrons. The summed E-state index contributed by atoms with van der Waals surface area (Å²) in [6.45, 7) is 0.116. The van der Waals surface area contributed by atoms with Gasteiger partial charge in [-0.3, -0.25) is 0 Å². The first kappa shape index (κ1) is 18.9. The lowest BCUT2D eigenvalue weighted by Crippen LogP contribution is -1.97. The van der Waals surface area contributed by atoms with E-state index in [1.807, 2.05) is 12.1 Å². The molecule has 2 aromatic carbocycles. The van der Waals surface area contributed by atoms with Crippen molar-refractivity contribution >= 4 is 66.7 Å². The fraction of sp³-hybridized carbons (Fsp3) is 0.0556. The first-order valence-electron chi connectivity index (χ1n) is 6.58. The van der Waals surface area contributed by atoms with Crippen LogP contribution in [0.2, 0.25) is 10.0 Å². The smallest absolute Gasteiger partial charge is 0.148 e. The Morgan fingerprint density at radius 3 is 2.62 bits per heavy atom. The molecule has 2 rings (SSSR count). The number of hydrogen-bond donors (Lipinski definition) is 0. The molecule has 2 aromatic rings. The number of nitrogens with zero attached hydrogens (tertiary/aromatic N) is 1. The molecule has 0 radical (unpaired) electrons. The summed E-state index contributed by atoms with van der Waals surface area (Å²) in [5, 5.41) is 10.4. The Hall–Kier alpha value is -1.43. The largest absolute Gasteiger partial charge is 0.479 e. The Bertz CT molecular complexity index is 895. The van der Waals surface area contributed by atoms with Crippen LogP contribution in [0.15, 0.2) is 39.3 Å². The van der Waals surface area contributed by atoms with Crippen molar-refractivity contribution in [2.45, 2.75) is 0 Å². The SMILES string of the molecule is C#CCOc1c(Br)cc(Br)cc1/C=C(\C#N)c1ccc(Cl)cc1Cl. The second-order valence-corrected chi connectivity index (χ2v) is 7.21. The third-order valence-electron chi connectivity index (χ3n) is 2.98. The van der Waals surface area contributed by atoms with Gasteiger partial charge in [0.25, 0.3) is 0 Å². The van der Waals surface area contributed by atoms with E-state index < -0.39 is 0 Å². The maximum absolute atomic E-state index is 9.53. The molecule has 0 bridgehead atoms. The van der Waals surface area contributed by atoms with Crippen LogP contribution in [0, 0.1) is 23.7 Å². The van der Waals surface area contributed by atoms with Gasteiger partial charge in [-0.25, -0.2) is 0 Å². The monoisotopic (exact) mass is 483 g/mol. The van der Waals surface area contributed by atoms with E-state index in [2.05, 4.69) is 43.8 Å². The summed E-state index contributed by atoms with van der Waals surface area (Å²) in [6, 6.07) is 10.8. The Morgan fingerprint density at radius 2 is 2.00 bits per heavy atom. The van der Waals surface area contributed by atoms with E-state index >= 15 is 0 Å². The van der Waals surface area contributed by atoms with E-state index in [0.717, 1.165) is 8.95 Å². The Balaban J connectivity index is 2.59.